The predicted octanol–water partition coefficient (Wildman–Crippen LogP) is 0.333. The number of aliphatic carboxylic acids is 1. The van der Waals surface area contributed by atoms with Crippen molar-refractivity contribution in [1.82, 2.24) is 4.90 Å². The van der Waals surface area contributed by atoms with Crippen LogP contribution >= 0.6 is 0 Å². The molecule has 0 atom stereocenters. The van der Waals surface area contributed by atoms with Crippen LogP contribution in [0.15, 0.2) is 12.2 Å². The first-order chi connectivity index (χ1) is 4.79. The van der Waals surface area contributed by atoms with Crippen molar-refractivity contribution in [3.8, 4) is 0 Å². The zero-order chi connectivity index (χ0) is 7.40. The van der Waals surface area contributed by atoms with Crippen LogP contribution in [-0.2, 0) is 4.79 Å². The van der Waals surface area contributed by atoms with E-state index in [0.29, 0.717) is 0 Å². The Morgan fingerprint density at radius 3 is 2.70 bits per heavy atom. The van der Waals surface area contributed by atoms with Crippen LogP contribution in [0.5, 0.6) is 0 Å². The van der Waals surface area contributed by atoms with Crippen LogP contribution in [0.3, 0.4) is 0 Å². The lowest BCUT2D eigenvalue weighted by molar-refractivity contribution is -0.131. The van der Waals surface area contributed by atoms with Crippen LogP contribution in [-0.4, -0.2) is 35.6 Å². The van der Waals surface area contributed by atoms with E-state index < -0.39 is 5.97 Å². The summed E-state index contributed by atoms with van der Waals surface area (Å²) in [5.74, 6) is -0.861. The van der Waals surface area contributed by atoms with Gasteiger partial charge >= 0.3 is 5.97 Å². The normalized spacial score (nSPS) is 19.2. The average Bonchev–Trinajstić information content (AvgIpc) is 1.75. The Morgan fingerprint density at radius 1 is 1.60 bits per heavy atom. The van der Waals surface area contributed by atoms with Crippen molar-refractivity contribution < 1.29 is 9.90 Å². The predicted molar refractivity (Wildman–Crippen MR) is 37.8 cm³/mol. The zero-order valence-corrected chi connectivity index (χ0v) is 5.79. The van der Waals surface area contributed by atoms with E-state index in [4.69, 9.17) is 5.11 Å². The molecule has 0 aromatic rings. The van der Waals surface area contributed by atoms with Gasteiger partial charge in [-0.05, 0) is 19.5 Å². The van der Waals surface area contributed by atoms with Crippen molar-refractivity contribution in [3.63, 3.8) is 0 Å². The van der Waals surface area contributed by atoms with Gasteiger partial charge in [0.05, 0.1) is 0 Å². The van der Waals surface area contributed by atoms with Gasteiger partial charge in [0.2, 0.25) is 0 Å². The second-order valence-electron chi connectivity index (χ2n) is 2.39. The lowest BCUT2D eigenvalue weighted by atomic mass is 10.2. The molecule has 1 rings (SSSR count). The summed E-state index contributed by atoms with van der Waals surface area (Å²) in [5, 5.41) is 8.21. The highest BCUT2D eigenvalue weighted by molar-refractivity contribution is 5.79. The molecule has 3 nitrogen and oxygen atoms in total. The Hall–Kier alpha value is -0.830. The molecule has 56 valence electrons. The summed E-state index contributed by atoms with van der Waals surface area (Å²) in [7, 11) is 0. The molecular formula is C7H11NO2. The minimum atomic E-state index is -0.861. The molecular weight excluding hydrogens is 130 g/mol. The van der Waals surface area contributed by atoms with Crippen LogP contribution in [0.2, 0.25) is 0 Å². The quantitative estimate of drug-likeness (QED) is 0.576. The van der Waals surface area contributed by atoms with Gasteiger partial charge in [-0.2, -0.15) is 0 Å². The first kappa shape index (κ1) is 7.28. The van der Waals surface area contributed by atoms with E-state index in [0.717, 1.165) is 19.6 Å². The van der Waals surface area contributed by atoms with Crippen molar-refractivity contribution >= 4 is 5.97 Å². The summed E-state index contributed by atoms with van der Waals surface area (Å²) in [6, 6.07) is 0. The Morgan fingerprint density at radius 2 is 2.30 bits per heavy atom. The van der Waals surface area contributed by atoms with Crippen LogP contribution in [0, 0.1) is 0 Å². The number of hydrogen-bond acceptors (Lipinski definition) is 2. The zero-order valence-electron chi connectivity index (χ0n) is 5.79. The van der Waals surface area contributed by atoms with E-state index in [1.54, 1.807) is 6.08 Å². The molecule has 0 spiro atoms. The third-order valence-electron chi connectivity index (χ3n) is 1.57. The lowest BCUT2D eigenvalue weighted by Gasteiger charge is -2.29. The standard InChI is InChI=1S/C7H11NO2/c9-7(10)3-1-4-8-5-2-6-8/h1,3H,2,4-6H2,(H,9,10). The number of hydrogen-bond donors (Lipinski definition) is 1. The molecule has 1 heterocycles. The van der Waals surface area contributed by atoms with Crippen LogP contribution in [0.1, 0.15) is 6.42 Å². The molecule has 0 radical (unpaired) electrons. The van der Waals surface area contributed by atoms with E-state index in [1.165, 1.54) is 12.5 Å². The molecule has 1 fully saturated rings. The molecule has 1 aliphatic rings. The second kappa shape index (κ2) is 3.37. The fourth-order valence-corrected chi connectivity index (χ4v) is 0.867. The summed E-state index contributed by atoms with van der Waals surface area (Å²) >= 11 is 0. The SMILES string of the molecule is O=C(O)C=CCN1CCC1. The van der Waals surface area contributed by atoms with Gasteiger partial charge in [0.1, 0.15) is 0 Å². The summed E-state index contributed by atoms with van der Waals surface area (Å²) in [6.07, 6.45) is 4.13. The number of carboxylic acids is 1. The van der Waals surface area contributed by atoms with E-state index >= 15 is 0 Å². The Labute approximate surface area is 59.9 Å². The highest BCUT2D eigenvalue weighted by atomic mass is 16.4. The maximum atomic E-state index is 9.98. The van der Waals surface area contributed by atoms with Crippen molar-refractivity contribution in [2.45, 2.75) is 6.42 Å². The van der Waals surface area contributed by atoms with Crippen molar-refractivity contribution in [2.75, 3.05) is 19.6 Å². The smallest absolute Gasteiger partial charge is 0.328 e. The van der Waals surface area contributed by atoms with Gasteiger partial charge in [0.15, 0.2) is 0 Å². The third-order valence-corrected chi connectivity index (χ3v) is 1.57. The van der Waals surface area contributed by atoms with Gasteiger partial charge < -0.3 is 5.11 Å². The minimum Gasteiger partial charge on any atom is -0.478 e. The van der Waals surface area contributed by atoms with Gasteiger partial charge in [0, 0.05) is 12.6 Å². The number of carbonyl (C=O) groups is 1. The van der Waals surface area contributed by atoms with Gasteiger partial charge in [-0.3, -0.25) is 4.90 Å². The highest BCUT2D eigenvalue weighted by Crippen LogP contribution is 2.03. The van der Waals surface area contributed by atoms with Crippen LogP contribution in [0.4, 0.5) is 0 Å². The van der Waals surface area contributed by atoms with E-state index in [1.807, 2.05) is 0 Å². The molecule has 0 aliphatic carbocycles. The summed E-state index contributed by atoms with van der Waals surface area (Å²) in [5.41, 5.74) is 0. The summed E-state index contributed by atoms with van der Waals surface area (Å²) < 4.78 is 0. The highest BCUT2D eigenvalue weighted by Gasteiger charge is 2.10. The molecule has 10 heavy (non-hydrogen) atoms. The minimum absolute atomic E-state index is 0.784. The van der Waals surface area contributed by atoms with Gasteiger partial charge in [0.25, 0.3) is 0 Å². The number of rotatable bonds is 3. The molecule has 0 saturated carbocycles. The van der Waals surface area contributed by atoms with Crippen LogP contribution in [0.25, 0.3) is 0 Å². The van der Waals surface area contributed by atoms with Gasteiger partial charge in [-0.15, -0.1) is 0 Å². The maximum absolute atomic E-state index is 9.98. The Bertz CT molecular complexity index is 150. The topological polar surface area (TPSA) is 40.5 Å². The number of carboxylic acid groups (broad SMARTS) is 1. The number of nitrogens with zero attached hydrogens (tertiary/aromatic N) is 1. The number of likely N-dealkylation sites (tertiary alicyclic amines) is 1. The van der Waals surface area contributed by atoms with Crippen molar-refractivity contribution in [2.24, 2.45) is 0 Å². The van der Waals surface area contributed by atoms with Gasteiger partial charge in [-0.1, -0.05) is 6.08 Å². The monoisotopic (exact) mass is 141 g/mol. The largest absolute Gasteiger partial charge is 0.478 e. The fourth-order valence-electron chi connectivity index (χ4n) is 0.867. The first-order valence-electron chi connectivity index (χ1n) is 3.41. The molecule has 0 aromatic carbocycles. The molecule has 3 heteroatoms. The molecule has 0 aromatic heterocycles. The molecule has 1 N–H and O–H groups in total. The maximum Gasteiger partial charge on any atom is 0.328 e. The summed E-state index contributed by atoms with van der Waals surface area (Å²) in [6.45, 7) is 3.01. The molecule has 1 saturated heterocycles. The van der Waals surface area contributed by atoms with Crippen molar-refractivity contribution in [1.29, 1.82) is 0 Å². The second-order valence-corrected chi connectivity index (χ2v) is 2.39. The third kappa shape index (κ3) is 2.19. The fraction of sp³-hybridized carbons (Fsp3) is 0.571. The average molecular weight is 141 g/mol. The molecule has 1 aliphatic heterocycles. The van der Waals surface area contributed by atoms with Gasteiger partial charge in [-0.25, -0.2) is 4.79 Å². The Balaban J connectivity index is 2.08. The Kier molecular flexibility index (Phi) is 2.45. The molecule has 0 unspecified atom stereocenters. The van der Waals surface area contributed by atoms with Crippen LogP contribution < -0.4 is 0 Å². The van der Waals surface area contributed by atoms with E-state index in [2.05, 4.69) is 4.90 Å². The van der Waals surface area contributed by atoms with Crippen molar-refractivity contribution in [3.05, 3.63) is 12.2 Å². The molecule has 0 amide bonds. The summed E-state index contributed by atoms with van der Waals surface area (Å²) in [4.78, 5) is 12.2. The van der Waals surface area contributed by atoms with E-state index in [-0.39, 0.29) is 0 Å². The lowest BCUT2D eigenvalue weighted by Crippen LogP contribution is -2.36. The first-order valence-corrected chi connectivity index (χ1v) is 3.41. The molecule has 0 bridgehead atoms. The van der Waals surface area contributed by atoms with E-state index in [9.17, 15) is 4.79 Å².